The lowest BCUT2D eigenvalue weighted by Crippen LogP contribution is -2.59. The van der Waals surface area contributed by atoms with Gasteiger partial charge >= 0.3 is 0 Å². The zero-order valence-electron chi connectivity index (χ0n) is 24.9. The molecule has 0 aromatic heterocycles. The molecule has 2 saturated heterocycles. The molecule has 0 saturated carbocycles. The molecular formula is C34H41N3O5. The number of rotatable bonds is 7. The third kappa shape index (κ3) is 4.30. The number of aliphatic hydroxyl groups excluding tert-OH is 1. The number of carbonyl (C=O) groups excluding carboxylic acids is 3. The highest BCUT2D eigenvalue weighted by molar-refractivity contribution is 6.07. The van der Waals surface area contributed by atoms with Gasteiger partial charge < -0.3 is 24.5 Å². The van der Waals surface area contributed by atoms with E-state index in [9.17, 15) is 19.5 Å². The molecule has 0 radical (unpaired) electrons. The molecular weight excluding hydrogens is 530 g/mol. The van der Waals surface area contributed by atoms with Crippen LogP contribution in [0.1, 0.15) is 40.5 Å². The van der Waals surface area contributed by atoms with Crippen molar-refractivity contribution in [3.8, 4) is 0 Å². The van der Waals surface area contributed by atoms with Gasteiger partial charge in [0.25, 0.3) is 5.91 Å². The van der Waals surface area contributed by atoms with E-state index in [-0.39, 0.29) is 30.2 Å². The Morgan fingerprint density at radius 3 is 2.40 bits per heavy atom. The lowest BCUT2D eigenvalue weighted by molar-refractivity contribution is -0.151. The van der Waals surface area contributed by atoms with E-state index in [0.717, 1.165) is 22.9 Å². The lowest BCUT2D eigenvalue weighted by Gasteiger charge is -2.40. The summed E-state index contributed by atoms with van der Waals surface area (Å²) < 4.78 is 6.94. The first-order valence-electron chi connectivity index (χ1n) is 15.2. The normalized spacial score (nSPS) is 31.4. The molecule has 1 N–H and O–H groups in total. The van der Waals surface area contributed by atoms with Gasteiger partial charge in [0.2, 0.25) is 11.8 Å². The van der Waals surface area contributed by atoms with Crippen LogP contribution in [0.2, 0.25) is 0 Å². The number of likely N-dealkylation sites (tertiary alicyclic amines) is 1. The predicted molar refractivity (Wildman–Crippen MR) is 162 cm³/mol. The van der Waals surface area contributed by atoms with Gasteiger partial charge in [-0.3, -0.25) is 14.4 Å². The van der Waals surface area contributed by atoms with Crippen molar-refractivity contribution in [3.05, 3.63) is 66.8 Å². The molecule has 4 aliphatic rings. The molecule has 6 atom stereocenters. The zero-order chi connectivity index (χ0) is 29.8. The maximum absolute atomic E-state index is 14.8. The van der Waals surface area contributed by atoms with Crippen LogP contribution in [0.15, 0.2) is 66.8 Å². The number of carbonyl (C=O) groups is 3. The number of anilines is 1. The van der Waals surface area contributed by atoms with Gasteiger partial charge in [0.05, 0.1) is 30.1 Å². The Hall–Kier alpha value is -3.49. The largest absolute Gasteiger partial charge is 0.394 e. The van der Waals surface area contributed by atoms with Crippen LogP contribution in [0.4, 0.5) is 5.69 Å². The second kappa shape index (κ2) is 10.7. The molecule has 4 heterocycles. The third-order valence-electron chi connectivity index (χ3n) is 9.46. The summed E-state index contributed by atoms with van der Waals surface area (Å²) in [5, 5.41) is 12.7. The minimum atomic E-state index is -1.35. The van der Waals surface area contributed by atoms with Crippen molar-refractivity contribution in [1.82, 2.24) is 9.80 Å². The van der Waals surface area contributed by atoms with Gasteiger partial charge in [-0.05, 0) is 48.6 Å². The SMILES string of the molecule is CCCN1CC=C[C@]2(C)O[C@]34C=CCN(c5ccc6ccccc6c5)C(=O)C3N([C@@H](CO)CC(C)C)C(=O)[C@@H]4[C@@H]2C1=O. The first-order chi connectivity index (χ1) is 20.1. The van der Waals surface area contributed by atoms with Crippen molar-refractivity contribution in [2.24, 2.45) is 17.8 Å². The van der Waals surface area contributed by atoms with Crippen LogP contribution in [0.3, 0.4) is 0 Å². The minimum absolute atomic E-state index is 0.124. The number of hydrogen-bond acceptors (Lipinski definition) is 5. The molecule has 2 aromatic carbocycles. The highest BCUT2D eigenvalue weighted by Gasteiger charge is 2.75. The number of aliphatic hydroxyl groups is 1. The lowest BCUT2D eigenvalue weighted by atomic mass is 9.74. The fourth-order valence-corrected chi connectivity index (χ4v) is 7.77. The van der Waals surface area contributed by atoms with Gasteiger partial charge in [-0.2, -0.15) is 0 Å². The van der Waals surface area contributed by atoms with Crippen LogP contribution in [-0.4, -0.2) is 82.2 Å². The number of ether oxygens (including phenoxy) is 1. The molecule has 3 amide bonds. The van der Waals surface area contributed by atoms with Crippen molar-refractivity contribution in [1.29, 1.82) is 0 Å². The zero-order valence-corrected chi connectivity index (χ0v) is 24.9. The Morgan fingerprint density at radius 2 is 1.69 bits per heavy atom. The van der Waals surface area contributed by atoms with E-state index in [1.54, 1.807) is 14.7 Å². The number of nitrogens with zero attached hydrogens (tertiary/aromatic N) is 3. The minimum Gasteiger partial charge on any atom is -0.394 e. The molecule has 4 aliphatic heterocycles. The topological polar surface area (TPSA) is 90.4 Å². The summed E-state index contributed by atoms with van der Waals surface area (Å²) in [6, 6.07) is 12.3. The molecule has 42 heavy (non-hydrogen) atoms. The Bertz CT molecular complexity index is 1470. The number of hydrogen-bond donors (Lipinski definition) is 1. The number of amides is 3. The van der Waals surface area contributed by atoms with E-state index in [1.165, 1.54) is 0 Å². The van der Waals surface area contributed by atoms with Gasteiger partial charge in [-0.15, -0.1) is 0 Å². The molecule has 8 nitrogen and oxygen atoms in total. The Balaban J connectivity index is 1.50. The van der Waals surface area contributed by atoms with E-state index in [4.69, 9.17) is 4.74 Å². The van der Waals surface area contributed by atoms with E-state index in [2.05, 4.69) is 0 Å². The Labute approximate surface area is 247 Å². The second-order valence-corrected chi connectivity index (χ2v) is 12.8. The number of fused-ring (bicyclic) bond motifs is 3. The van der Waals surface area contributed by atoms with Crippen molar-refractivity contribution in [2.75, 3.05) is 31.1 Å². The summed E-state index contributed by atoms with van der Waals surface area (Å²) in [6.45, 7) is 9.01. The Kier molecular flexibility index (Phi) is 7.26. The molecule has 8 heteroatoms. The summed E-state index contributed by atoms with van der Waals surface area (Å²) in [6.07, 6.45) is 8.94. The summed E-state index contributed by atoms with van der Waals surface area (Å²) in [5.74, 6) is -2.19. The summed E-state index contributed by atoms with van der Waals surface area (Å²) in [7, 11) is 0. The van der Waals surface area contributed by atoms with Crippen molar-refractivity contribution in [2.45, 2.75) is 63.8 Å². The molecule has 2 fully saturated rings. The molecule has 222 valence electrons. The average molecular weight is 572 g/mol. The second-order valence-electron chi connectivity index (χ2n) is 12.8. The number of benzene rings is 2. The van der Waals surface area contributed by atoms with E-state index >= 15 is 0 Å². The first-order valence-corrected chi connectivity index (χ1v) is 15.2. The molecule has 6 rings (SSSR count). The predicted octanol–water partition coefficient (Wildman–Crippen LogP) is 3.93. The van der Waals surface area contributed by atoms with Gasteiger partial charge in [0.1, 0.15) is 11.6 Å². The highest BCUT2D eigenvalue weighted by Crippen LogP contribution is 2.58. The molecule has 0 aliphatic carbocycles. The maximum atomic E-state index is 14.8. The summed E-state index contributed by atoms with van der Waals surface area (Å²) >= 11 is 0. The van der Waals surface area contributed by atoms with Gasteiger partial charge in [0.15, 0.2) is 0 Å². The maximum Gasteiger partial charge on any atom is 0.253 e. The molecule has 1 spiro atoms. The van der Waals surface area contributed by atoms with Crippen molar-refractivity contribution >= 4 is 34.2 Å². The van der Waals surface area contributed by atoms with Crippen LogP contribution in [0.25, 0.3) is 10.8 Å². The highest BCUT2D eigenvalue weighted by atomic mass is 16.5. The van der Waals surface area contributed by atoms with Crippen LogP contribution in [-0.2, 0) is 19.1 Å². The average Bonchev–Trinajstić information content (AvgIpc) is 3.24. The van der Waals surface area contributed by atoms with Crippen molar-refractivity contribution < 1.29 is 24.2 Å². The quantitative estimate of drug-likeness (QED) is 0.509. The molecule has 1 unspecified atom stereocenters. The van der Waals surface area contributed by atoms with Crippen LogP contribution in [0, 0.1) is 17.8 Å². The smallest absolute Gasteiger partial charge is 0.253 e. The van der Waals surface area contributed by atoms with Crippen molar-refractivity contribution in [3.63, 3.8) is 0 Å². The monoisotopic (exact) mass is 571 g/mol. The van der Waals surface area contributed by atoms with E-state index < -0.39 is 35.1 Å². The fourth-order valence-electron chi connectivity index (χ4n) is 7.77. The third-order valence-corrected chi connectivity index (χ3v) is 9.46. The standard InChI is InChI=1S/C34H41N3O5/c1-5-16-35-17-8-14-33(4)27(30(35)39)28-31(40)37(26(21-38)19-22(2)3)29-32(41)36(18-9-15-34(28,29)42-33)25-13-12-23-10-6-7-11-24(23)20-25/h6-15,20,22,26-29,38H,5,16-19,21H2,1-4H3/t26-,27-,28+,29?,33+,34+/m1/s1. The summed E-state index contributed by atoms with van der Waals surface area (Å²) in [5.41, 5.74) is -1.68. The van der Waals surface area contributed by atoms with Crippen LogP contribution in [0.5, 0.6) is 0 Å². The van der Waals surface area contributed by atoms with Gasteiger partial charge in [-0.1, -0.05) is 75.4 Å². The first kappa shape index (κ1) is 28.6. The van der Waals surface area contributed by atoms with Crippen LogP contribution < -0.4 is 4.90 Å². The van der Waals surface area contributed by atoms with E-state index in [0.29, 0.717) is 26.1 Å². The van der Waals surface area contributed by atoms with Gasteiger partial charge in [-0.25, -0.2) is 0 Å². The summed E-state index contributed by atoms with van der Waals surface area (Å²) in [4.78, 5) is 48.7. The molecule has 2 aromatic rings. The van der Waals surface area contributed by atoms with Gasteiger partial charge in [0, 0.05) is 25.3 Å². The van der Waals surface area contributed by atoms with E-state index in [1.807, 2.05) is 94.5 Å². The fraction of sp³-hybridized carbons (Fsp3) is 0.500. The van der Waals surface area contributed by atoms with Crippen LogP contribution >= 0.6 is 0 Å². The molecule has 0 bridgehead atoms. The Morgan fingerprint density at radius 1 is 0.952 bits per heavy atom.